The Hall–Kier alpha value is -1.22. The molecule has 140 valence electrons. The summed E-state index contributed by atoms with van der Waals surface area (Å²) < 4.78 is 1.82. The Balaban J connectivity index is 0.00000156. The van der Waals surface area contributed by atoms with E-state index >= 15 is 0 Å². The lowest BCUT2D eigenvalue weighted by atomic mass is 10.1. The first-order valence-electron chi connectivity index (χ1n) is 8.10. The van der Waals surface area contributed by atoms with Gasteiger partial charge in [0.15, 0.2) is 5.69 Å². The van der Waals surface area contributed by atoms with Crippen LogP contribution in [0.1, 0.15) is 46.2 Å². The van der Waals surface area contributed by atoms with E-state index in [0.717, 1.165) is 43.8 Å². The molecule has 1 saturated heterocycles. The normalized spacial score (nSPS) is 14.4. The molecule has 3 heterocycles. The van der Waals surface area contributed by atoms with Gasteiger partial charge in [-0.15, -0.1) is 41.2 Å². The second-order valence-electron chi connectivity index (χ2n) is 5.64. The number of aryl methyl sites for hydroxylation is 1. The molecule has 1 fully saturated rings. The molecule has 3 rings (SSSR count). The van der Waals surface area contributed by atoms with Crippen LogP contribution in [0.15, 0.2) is 12.4 Å². The van der Waals surface area contributed by atoms with E-state index in [4.69, 9.17) is 0 Å². The molecule has 0 aromatic carbocycles. The van der Waals surface area contributed by atoms with E-state index in [1.54, 1.807) is 17.5 Å². The third-order valence-electron chi connectivity index (χ3n) is 4.00. The maximum atomic E-state index is 12.1. The Bertz CT molecular complexity index is 656. The van der Waals surface area contributed by atoms with Gasteiger partial charge >= 0.3 is 0 Å². The Morgan fingerprint density at radius 1 is 1.40 bits per heavy atom. The highest BCUT2D eigenvalue weighted by Gasteiger charge is 2.18. The maximum absolute atomic E-state index is 12.1. The van der Waals surface area contributed by atoms with E-state index in [1.807, 2.05) is 10.9 Å². The van der Waals surface area contributed by atoms with E-state index in [9.17, 15) is 4.79 Å². The number of nitrogens with one attached hydrogen (secondary N) is 2. The van der Waals surface area contributed by atoms with Gasteiger partial charge < -0.3 is 10.6 Å². The number of piperidine rings is 1. The summed E-state index contributed by atoms with van der Waals surface area (Å²) in [5, 5.41) is 15.4. The number of rotatable bonds is 6. The summed E-state index contributed by atoms with van der Waals surface area (Å²) in [6.45, 7) is 4.65. The fourth-order valence-electron chi connectivity index (χ4n) is 2.63. The van der Waals surface area contributed by atoms with E-state index in [0.29, 0.717) is 18.3 Å². The smallest absolute Gasteiger partial charge is 0.273 e. The van der Waals surface area contributed by atoms with Crippen molar-refractivity contribution in [3.05, 3.63) is 28.0 Å². The van der Waals surface area contributed by atoms with Crippen LogP contribution < -0.4 is 10.6 Å². The summed E-state index contributed by atoms with van der Waals surface area (Å²) in [7, 11) is 0. The van der Waals surface area contributed by atoms with Gasteiger partial charge in [-0.2, -0.15) is 0 Å². The summed E-state index contributed by atoms with van der Waals surface area (Å²) in [5.74, 6) is -0.169. The number of amides is 1. The number of carbonyl (C=O) groups excluding carboxylic acids is 1. The van der Waals surface area contributed by atoms with Crippen LogP contribution in [0.2, 0.25) is 0 Å². The van der Waals surface area contributed by atoms with E-state index in [2.05, 4.69) is 32.9 Å². The van der Waals surface area contributed by atoms with E-state index in [1.165, 1.54) is 4.88 Å². The van der Waals surface area contributed by atoms with Gasteiger partial charge in [0, 0.05) is 24.0 Å². The first-order valence-corrected chi connectivity index (χ1v) is 8.92. The largest absolute Gasteiger partial charge is 0.350 e. The molecule has 1 aliphatic rings. The van der Waals surface area contributed by atoms with Crippen molar-refractivity contribution in [2.45, 2.75) is 38.6 Å². The van der Waals surface area contributed by atoms with Crippen molar-refractivity contribution in [1.29, 1.82) is 0 Å². The molecule has 1 amide bonds. The minimum Gasteiger partial charge on any atom is -0.350 e. The van der Waals surface area contributed by atoms with Gasteiger partial charge in [0.2, 0.25) is 0 Å². The number of aromatic nitrogens is 4. The van der Waals surface area contributed by atoms with Crippen LogP contribution in [-0.4, -0.2) is 45.5 Å². The molecule has 0 bridgehead atoms. The zero-order chi connectivity index (χ0) is 16.1. The second-order valence-corrected chi connectivity index (χ2v) is 6.84. The molecule has 0 radical (unpaired) electrons. The molecule has 1 aliphatic heterocycles. The quantitative estimate of drug-likeness (QED) is 0.766. The first kappa shape index (κ1) is 21.8. The van der Waals surface area contributed by atoms with Crippen LogP contribution in [0.4, 0.5) is 0 Å². The first-order chi connectivity index (χ1) is 11.3. The fraction of sp³-hybridized carbons (Fsp3) is 0.600. The van der Waals surface area contributed by atoms with E-state index in [-0.39, 0.29) is 30.7 Å². The molecule has 2 aromatic rings. The van der Waals surface area contributed by atoms with Crippen LogP contribution in [0, 0.1) is 0 Å². The average Bonchev–Trinajstić information content (AvgIpc) is 3.25. The lowest BCUT2D eigenvalue weighted by molar-refractivity contribution is 0.0949. The van der Waals surface area contributed by atoms with Crippen molar-refractivity contribution >= 4 is 42.1 Å². The maximum Gasteiger partial charge on any atom is 0.273 e. The highest BCUT2D eigenvalue weighted by molar-refractivity contribution is 7.11. The molecule has 0 atom stereocenters. The zero-order valence-corrected chi connectivity index (χ0v) is 16.6. The van der Waals surface area contributed by atoms with Gasteiger partial charge in [-0.1, -0.05) is 12.1 Å². The number of thiazole rings is 1. The Kier molecular flexibility index (Phi) is 9.34. The predicted octanol–water partition coefficient (Wildman–Crippen LogP) is 2.04. The summed E-state index contributed by atoms with van der Waals surface area (Å²) >= 11 is 1.70. The number of carbonyl (C=O) groups is 1. The topological polar surface area (TPSA) is 84.7 Å². The Labute approximate surface area is 163 Å². The Morgan fingerprint density at radius 2 is 2.16 bits per heavy atom. The molecule has 0 saturated carbocycles. The average molecular weight is 407 g/mol. The van der Waals surface area contributed by atoms with Gasteiger partial charge in [-0.3, -0.25) is 4.79 Å². The summed E-state index contributed by atoms with van der Waals surface area (Å²) in [6.07, 6.45) is 7.46. The molecule has 0 unspecified atom stereocenters. The number of hydrogen-bond acceptors (Lipinski definition) is 6. The highest BCUT2D eigenvalue weighted by Crippen LogP contribution is 2.17. The van der Waals surface area contributed by atoms with Crippen molar-refractivity contribution in [2.24, 2.45) is 0 Å². The third kappa shape index (κ3) is 5.91. The second kappa shape index (κ2) is 10.7. The SMILES string of the molecule is CCc1cnc(CCNC(=O)c2cn(C3CCNCC3)nn2)s1.Cl.Cl. The number of hydrogen-bond donors (Lipinski definition) is 2. The van der Waals surface area contributed by atoms with Gasteiger partial charge in [-0.25, -0.2) is 9.67 Å². The number of halogens is 2. The van der Waals surface area contributed by atoms with Crippen LogP contribution in [-0.2, 0) is 12.8 Å². The summed E-state index contributed by atoms with van der Waals surface area (Å²) in [4.78, 5) is 17.8. The molecular formula is C15H24Cl2N6OS. The lowest BCUT2D eigenvalue weighted by Crippen LogP contribution is -2.29. The van der Waals surface area contributed by atoms with Crippen molar-refractivity contribution in [3.63, 3.8) is 0 Å². The molecule has 0 aliphatic carbocycles. The van der Waals surface area contributed by atoms with Crippen LogP contribution in [0.25, 0.3) is 0 Å². The summed E-state index contributed by atoms with van der Waals surface area (Å²) in [5.41, 5.74) is 0.386. The van der Waals surface area contributed by atoms with Crippen LogP contribution in [0.5, 0.6) is 0 Å². The van der Waals surface area contributed by atoms with Crippen molar-refractivity contribution < 1.29 is 4.79 Å². The molecule has 2 aromatic heterocycles. The number of nitrogens with zero attached hydrogens (tertiary/aromatic N) is 4. The highest BCUT2D eigenvalue weighted by atomic mass is 35.5. The predicted molar refractivity (Wildman–Crippen MR) is 103 cm³/mol. The molecule has 10 heteroatoms. The van der Waals surface area contributed by atoms with Crippen LogP contribution >= 0.6 is 36.2 Å². The van der Waals surface area contributed by atoms with Gasteiger partial charge in [0.25, 0.3) is 5.91 Å². The summed E-state index contributed by atoms with van der Waals surface area (Å²) in [6, 6.07) is 0.341. The van der Waals surface area contributed by atoms with Crippen molar-refractivity contribution in [3.8, 4) is 0 Å². The van der Waals surface area contributed by atoms with Gasteiger partial charge in [-0.05, 0) is 32.4 Å². The Morgan fingerprint density at radius 3 is 2.84 bits per heavy atom. The third-order valence-corrected chi connectivity index (χ3v) is 5.20. The standard InChI is InChI=1S/C15H22N6OS.2ClH/c1-2-12-9-18-14(23-12)5-8-17-15(22)13-10-21(20-19-13)11-3-6-16-7-4-11;;/h9-11,16H,2-8H2,1H3,(H,17,22);2*1H. The molecule has 2 N–H and O–H groups in total. The van der Waals surface area contributed by atoms with Crippen LogP contribution in [0.3, 0.4) is 0 Å². The molecule has 0 spiro atoms. The molecule has 25 heavy (non-hydrogen) atoms. The fourth-order valence-corrected chi connectivity index (χ4v) is 3.49. The van der Waals surface area contributed by atoms with E-state index < -0.39 is 0 Å². The van der Waals surface area contributed by atoms with Gasteiger partial charge in [0.1, 0.15) is 0 Å². The lowest BCUT2D eigenvalue weighted by Gasteiger charge is -2.22. The zero-order valence-electron chi connectivity index (χ0n) is 14.1. The minimum absolute atomic E-state index is 0. The van der Waals surface area contributed by atoms with Gasteiger partial charge in [0.05, 0.1) is 17.2 Å². The molecule has 7 nitrogen and oxygen atoms in total. The van der Waals surface area contributed by atoms with Crippen molar-refractivity contribution in [2.75, 3.05) is 19.6 Å². The molecular weight excluding hydrogens is 383 g/mol. The monoisotopic (exact) mass is 406 g/mol. The van der Waals surface area contributed by atoms with Crippen molar-refractivity contribution in [1.82, 2.24) is 30.6 Å². The minimum atomic E-state index is -0.169.